The van der Waals surface area contributed by atoms with Crippen LogP contribution in [0.3, 0.4) is 0 Å². The van der Waals surface area contributed by atoms with Gasteiger partial charge in [-0.25, -0.2) is 0 Å². The summed E-state index contributed by atoms with van der Waals surface area (Å²) in [7, 11) is 0. The van der Waals surface area contributed by atoms with Gasteiger partial charge in [-0.05, 0) is 0 Å². The Labute approximate surface area is 408 Å². The van der Waals surface area contributed by atoms with Crippen LogP contribution < -0.4 is 0 Å². The van der Waals surface area contributed by atoms with E-state index < -0.39 is 224 Å². The van der Waals surface area contributed by atoms with Crippen molar-refractivity contribution in [1.82, 2.24) is 0 Å². The van der Waals surface area contributed by atoms with E-state index in [9.17, 15) is 91.9 Å². The lowest BCUT2D eigenvalue weighted by molar-refractivity contribution is -0.404. The highest BCUT2D eigenvalue weighted by Crippen LogP contribution is 2.38. The summed E-state index contributed by atoms with van der Waals surface area (Å²) in [6.07, 6.45) is -58.5. The summed E-state index contributed by atoms with van der Waals surface area (Å²) >= 11 is 4.24. The van der Waals surface area contributed by atoms with Crippen molar-refractivity contribution in [2.75, 3.05) is 39.6 Å². The van der Waals surface area contributed by atoms with Gasteiger partial charge in [-0.3, -0.25) is 0 Å². The fourth-order valence-electron chi connectivity index (χ4n) is 8.93. The van der Waals surface area contributed by atoms with Crippen molar-refractivity contribution in [2.45, 2.75) is 184 Å². The van der Waals surface area contributed by atoms with Crippen LogP contribution in [0, 0.1) is 0 Å². The number of rotatable bonds is 6. The molecule has 30 atom stereocenters. The molecule has 22 rings (SSSR count). The van der Waals surface area contributed by atoms with Gasteiger partial charge in [-0.2, -0.15) is 0 Å². The largest absolute Gasteiger partial charge is 0.394 e. The summed E-state index contributed by atoms with van der Waals surface area (Å²) in [6, 6.07) is 0. The first-order chi connectivity index (χ1) is 32.4. The molecule has 18 N–H and O–H groups in total. The molecule has 0 radical (unpaired) electrons. The van der Waals surface area contributed by atoms with Gasteiger partial charge in [0, 0.05) is 37.2 Å². The summed E-state index contributed by atoms with van der Waals surface area (Å²) in [6.45, 7) is -5.99. The van der Waals surface area contributed by atoms with Crippen molar-refractivity contribution in [2.24, 2.45) is 0 Å². The van der Waals surface area contributed by atoms with E-state index in [2.05, 4.69) is 37.2 Å². The van der Waals surface area contributed by atoms with E-state index in [0.717, 1.165) is 0 Å². The van der Waals surface area contributed by atoms with E-state index in [1.54, 1.807) is 0 Å². The third-order valence-corrected chi connectivity index (χ3v) is 12.7. The fraction of sp³-hybridized carbons (Fsp3) is 1.00. The van der Waals surface area contributed by atoms with Crippen LogP contribution in [0.4, 0.5) is 0 Å². The summed E-state index contributed by atoms with van der Waals surface area (Å²) in [5.74, 6) is 0. The molecular formula is C36H60I2O30. The summed E-state index contributed by atoms with van der Waals surface area (Å²) in [4.78, 5) is 0. The van der Waals surface area contributed by atoms with Gasteiger partial charge >= 0.3 is 0 Å². The van der Waals surface area contributed by atoms with E-state index in [-0.39, 0.29) is 0 Å². The Morgan fingerprint density at radius 2 is 0.324 bits per heavy atom. The zero-order valence-corrected chi connectivity index (χ0v) is 39.6. The van der Waals surface area contributed by atoms with Crippen molar-refractivity contribution in [1.29, 1.82) is 0 Å². The first kappa shape index (κ1) is 57.5. The molecule has 68 heavy (non-hydrogen) atoms. The lowest BCUT2D eigenvalue weighted by atomic mass is 9.94. The first-order valence-electron chi connectivity index (χ1n) is 21.2. The van der Waals surface area contributed by atoms with Gasteiger partial charge < -0.3 is 149 Å². The summed E-state index contributed by atoms with van der Waals surface area (Å²) < 4.78 is 67.9. The molecule has 30 nitrogen and oxygen atoms in total. The minimum absolute atomic E-state index is 0.999. The first-order valence-corrected chi connectivity index (χ1v) is 27.5. The lowest BCUT2D eigenvalue weighted by Crippen LogP contribution is -2.69. The predicted octanol–water partition coefficient (Wildman–Crippen LogP) is -11.3. The second-order valence-corrected chi connectivity index (χ2v) is 16.8. The quantitative estimate of drug-likeness (QED) is 0.110. The molecule has 398 valence electrons. The summed E-state index contributed by atoms with van der Waals surface area (Å²) in [5, 5.41) is 196. The Kier molecular flexibility index (Phi) is 21.3. The van der Waals surface area contributed by atoms with E-state index >= 15 is 0 Å². The van der Waals surface area contributed by atoms with Crippen LogP contribution in [0.25, 0.3) is 0 Å². The number of hydrogen-bond donors (Lipinski definition) is 18. The third kappa shape index (κ3) is 11.6. The van der Waals surface area contributed by atoms with Crippen LogP contribution in [0.2, 0.25) is 0 Å². The average Bonchev–Trinajstić information content (AvgIpc) is 3.34. The van der Waals surface area contributed by atoms with Gasteiger partial charge in [0.1, 0.15) is 146 Å². The molecule has 22 aliphatic heterocycles. The molecular weight excluding hydrogens is 1170 g/mol. The summed E-state index contributed by atoms with van der Waals surface area (Å²) in [5.41, 5.74) is 0. The SMILES string of the molecule is II.OC[C@H]1O[C@@H]2O[C@H]3[C@H](O)[C@@H](O)[C@@H](O[C@H]4[C@H](O)[C@@H](O)[C@@H](O[C@H]5[C@H](O)[C@@H](O)[C@@H](O[C@H]6[C@H](O)[C@@H](O)[C@@H](O[C@H]7[C@H](O)[C@@H](O)[C@@H](O[C@H]1[C@H](O)[C@H]2O)O[C@@H]7CO)O[C@@H]6CO)O[C@@H]5CO)O[C@@H]4CO)O[C@@H]3CO. The zero-order valence-electron chi connectivity index (χ0n) is 35.3. The number of aliphatic hydroxyl groups excluding tert-OH is 18. The highest BCUT2D eigenvalue weighted by molar-refractivity contribution is 15.0. The fourth-order valence-corrected chi connectivity index (χ4v) is 8.93. The molecule has 0 aromatic rings. The second-order valence-electron chi connectivity index (χ2n) is 16.8. The molecule has 22 heterocycles. The van der Waals surface area contributed by atoms with E-state index in [4.69, 9.17) is 56.8 Å². The lowest BCUT2D eigenvalue weighted by Gasteiger charge is -2.50. The molecule has 0 saturated carbocycles. The molecule has 0 unspecified atom stereocenters. The molecule has 0 aliphatic carbocycles. The standard InChI is InChI=1S/C36H60O30.I2/c37-1-7-25-13(43)19(49)31(55-7)62-26-8(2-38)57-33(21(51)15(26)45)64-28-10(4-40)59-35(23(53)17(28)47)66-30-12(6-42)60-36(24(54)18(30)48)65-29-11(5-41)58-34(22(52)16(29)46)63-27-9(3-39)56-32(61-25)20(50)14(27)44;1-2/h7-54H,1-6H2;/t7-,8-,9-,10-,11-,12-,13-,14-,15-,16-,17-,18-,19-,20-,21-,22-,23-,24-,25-,26-,27-,28-,29-,30-,31-,32-,33-,34-,35-,36-;/m1./s1. The van der Waals surface area contributed by atoms with Crippen molar-refractivity contribution in [3.63, 3.8) is 0 Å². The number of aliphatic hydroxyl groups is 18. The minimum Gasteiger partial charge on any atom is -0.394 e. The highest BCUT2D eigenvalue weighted by atomic mass is 128. The highest BCUT2D eigenvalue weighted by Gasteiger charge is 2.58. The monoisotopic (exact) mass is 1230 g/mol. The van der Waals surface area contributed by atoms with Crippen LogP contribution in [-0.2, 0) is 56.8 Å². The van der Waals surface area contributed by atoms with Crippen LogP contribution in [-0.4, -0.2) is 316 Å². The number of ether oxygens (including phenoxy) is 12. The average molecular weight is 1230 g/mol. The van der Waals surface area contributed by atoms with Crippen LogP contribution in [0.1, 0.15) is 0 Å². The molecule has 0 aromatic heterocycles. The maximum absolute atomic E-state index is 11.2. The van der Waals surface area contributed by atoms with E-state index in [0.29, 0.717) is 0 Å². The number of halogens is 2. The van der Waals surface area contributed by atoms with Gasteiger partial charge in [0.25, 0.3) is 0 Å². The molecule has 0 aromatic carbocycles. The van der Waals surface area contributed by atoms with Gasteiger partial charge in [0.15, 0.2) is 37.7 Å². The van der Waals surface area contributed by atoms with Crippen LogP contribution in [0.5, 0.6) is 0 Å². The van der Waals surface area contributed by atoms with Crippen molar-refractivity contribution in [3.05, 3.63) is 0 Å². The molecule has 22 fully saturated rings. The zero-order chi connectivity index (χ0) is 50.0. The Bertz CT molecular complexity index is 1250. The molecule has 32 heteroatoms. The van der Waals surface area contributed by atoms with E-state index in [1.807, 2.05) is 0 Å². The topological polar surface area (TPSA) is 475 Å². The Hall–Kier alpha value is 0.260. The maximum Gasteiger partial charge on any atom is 0.187 e. The molecule has 0 amide bonds. The van der Waals surface area contributed by atoms with Crippen molar-refractivity contribution in [3.8, 4) is 0 Å². The molecule has 12 bridgehead atoms. The van der Waals surface area contributed by atoms with Crippen LogP contribution >= 0.6 is 37.2 Å². The molecule has 22 saturated heterocycles. The van der Waals surface area contributed by atoms with Gasteiger partial charge in [0.05, 0.1) is 39.6 Å². The van der Waals surface area contributed by atoms with Crippen molar-refractivity contribution < 1.29 is 149 Å². The number of hydrogen-bond acceptors (Lipinski definition) is 30. The van der Waals surface area contributed by atoms with Gasteiger partial charge in [-0.1, -0.05) is 0 Å². The Morgan fingerprint density at radius 1 is 0.206 bits per heavy atom. The minimum atomic E-state index is -2.15. The van der Waals surface area contributed by atoms with Gasteiger partial charge in [0.2, 0.25) is 0 Å². The van der Waals surface area contributed by atoms with Crippen molar-refractivity contribution >= 4 is 37.2 Å². The normalized spacial score (nSPS) is 53.8. The Morgan fingerprint density at radius 3 is 0.426 bits per heavy atom. The predicted molar refractivity (Wildman–Crippen MR) is 224 cm³/mol. The molecule has 0 spiro atoms. The van der Waals surface area contributed by atoms with E-state index in [1.165, 1.54) is 0 Å². The maximum atomic E-state index is 11.2. The smallest absolute Gasteiger partial charge is 0.187 e. The van der Waals surface area contributed by atoms with Gasteiger partial charge in [-0.15, -0.1) is 0 Å². The Balaban J connectivity index is 0.00000376. The molecule has 22 aliphatic rings. The third-order valence-electron chi connectivity index (χ3n) is 12.7. The second kappa shape index (κ2) is 25.2. The van der Waals surface area contributed by atoms with Crippen LogP contribution in [0.15, 0.2) is 0 Å².